The molecular formula is C9H13N3O. The summed E-state index contributed by atoms with van der Waals surface area (Å²) in [5.41, 5.74) is 12.5. The van der Waals surface area contributed by atoms with Gasteiger partial charge in [-0.15, -0.1) is 0 Å². The van der Waals surface area contributed by atoms with Crippen LogP contribution in [-0.2, 0) is 6.54 Å². The first-order valence-corrected chi connectivity index (χ1v) is 4.40. The van der Waals surface area contributed by atoms with E-state index in [1.165, 1.54) is 0 Å². The number of pyridine rings is 1. The highest BCUT2D eigenvalue weighted by molar-refractivity contribution is 5.51. The molecule has 70 valence electrons. The van der Waals surface area contributed by atoms with E-state index < -0.39 is 0 Å². The molecule has 4 N–H and O–H groups in total. The molecule has 0 radical (unpaired) electrons. The lowest BCUT2D eigenvalue weighted by Crippen LogP contribution is -2.04. The Labute approximate surface area is 76.9 Å². The molecule has 0 aromatic carbocycles. The van der Waals surface area contributed by atoms with Crippen molar-refractivity contribution in [2.75, 3.05) is 5.73 Å². The number of anilines is 1. The van der Waals surface area contributed by atoms with Gasteiger partial charge in [-0.2, -0.15) is 0 Å². The van der Waals surface area contributed by atoms with Crippen molar-refractivity contribution in [3.63, 3.8) is 0 Å². The fourth-order valence-electron chi connectivity index (χ4n) is 1.07. The van der Waals surface area contributed by atoms with Crippen LogP contribution in [0.4, 0.5) is 5.69 Å². The summed E-state index contributed by atoms with van der Waals surface area (Å²) in [6.45, 7) is 0.418. The Morgan fingerprint density at radius 3 is 2.92 bits per heavy atom. The molecule has 1 aliphatic rings. The van der Waals surface area contributed by atoms with E-state index in [0.717, 1.165) is 24.3 Å². The number of hydrogen-bond acceptors (Lipinski definition) is 4. The summed E-state index contributed by atoms with van der Waals surface area (Å²) in [6.07, 6.45) is 4.20. The van der Waals surface area contributed by atoms with Gasteiger partial charge in [-0.25, -0.2) is 0 Å². The van der Waals surface area contributed by atoms with E-state index in [-0.39, 0.29) is 0 Å². The Hall–Kier alpha value is -1.29. The van der Waals surface area contributed by atoms with Crippen LogP contribution in [0.5, 0.6) is 5.75 Å². The van der Waals surface area contributed by atoms with E-state index in [1.807, 2.05) is 6.07 Å². The van der Waals surface area contributed by atoms with Crippen molar-refractivity contribution in [2.45, 2.75) is 25.5 Å². The predicted octanol–water partition coefficient (Wildman–Crippen LogP) is 0.664. The number of hydrogen-bond donors (Lipinski definition) is 2. The summed E-state index contributed by atoms with van der Waals surface area (Å²) in [6, 6.07) is 1.81. The lowest BCUT2D eigenvalue weighted by atomic mass is 10.3. The van der Waals surface area contributed by atoms with Crippen molar-refractivity contribution in [3.05, 3.63) is 18.0 Å². The van der Waals surface area contributed by atoms with Gasteiger partial charge in [0.05, 0.1) is 23.7 Å². The maximum Gasteiger partial charge on any atom is 0.146 e. The van der Waals surface area contributed by atoms with Crippen LogP contribution >= 0.6 is 0 Å². The van der Waals surface area contributed by atoms with Crippen LogP contribution < -0.4 is 16.2 Å². The molecule has 0 saturated heterocycles. The van der Waals surface area contributed by atoms with Gasteiger partial charge in [0.1, 0.15) is 5.75 Å². The third-order valence-corrected chi connectivity index (χ3v) is 1.98. The second-order valence-corrected chi connectivity index (χ2v) is 3.23. The van der Waals surface area contributed by atoms with Crippen LogP contribution in [0.2, 0.25) is 0 Å². The van der Waals surface area contributed by atoms with Crippen LogP contribution in [0.25, 0.3) is 0 Å². The molecule has 0 bridgehead atoms. The Balaban J connectivity index is 2.19. The van der Waals surface area contributed by atoms with E-state index in [1.54, 1.807) is 6.20 Å². The topological polar surface area (TPSA) is 74.2 Å². The molecule has 1 aromatic rings. The number of nitrogen functional groups attached to an aromatic ring is 1. The summed E-state index contributed by atoms with van der Waals surface area (Å²) < 4.78 is 5.58. The average Bonchev–Trinajstić information content (AvgIpc) is 2.93. The number of nitrogens with two attached hydrogens (primary N) is 2. The highest BCUT2D eigenvalue weighted by atomic mass is 16.5. The highest BCUT2D eigenvalue weighted by Crippen LogP contribution is 2.30. The minimum absolute atomic E-state index is 0.357. The summed E-state index contributed by atoms with van der Waals surface area (Å²) in [5.74, 6) is 0.720. The molecule has 4 heteroatoms. The number of rotatable bonds is 3. The molecule has 2 rings (SSSR count). The summed E-state index contributed by atoms with van der Waals surface area (Å²) in [4.78, 5) is 4.06. The van der Waals surface area contributed by atoms with Crippen LogP contribution in [0.1, 0.15) is 18.5 Å². The van der Waals surface area contributed by atoms with Crippen molar-refractivity contribution >= 4 is 5.69 Å². The van der Waals surface area contributed by atoms with Gasteiger partial charge < -0.3 is 16.2 Å². The van der Waals surface area contributed by atoms with Gasteiger partial charge in [0.15, 0.2) is 0 Å². The summed E-state index contributed by atoms with van der Waals surface area (Å²) >= 11 is 0. The van der Waals surface area contributed by atoms with Crippen molar-refractivity contribution in [1.29, 1.82) is 0 Å². The maximum atomic E-state index is 5.69. The van der Waals surface area contributed by atoms with Crippen LogP contribution in [0.3, 0.4) is 0 Å². The van der Waals surface area contributed by atoms with Crippen molar-refractivity contribution < 1.29 is 4.74 Å². The number of nitrogens with zero attached hydrogens (tertiary/aromatic N) is 1. The summed E-state index contributed by atoms with van der Waals surface area (Å²) in [5, 5.41) is 0. The summed E-state index contributed by atoms with van der Waals surface area (Å²) in [7, 11) is 0. The minimum Gasteiger partial charge on any atom is -0.488 e. The molecule has 13 heavy (non-hydrogen) atoms. The van der Waals surface area contributed by atoms with Gasteiger partial charge in [-0.1, -0.05) is 0 Å². The molecule has 1 heterocycles. The van der Waals surface area contributed by atoms with E-state index in [0.29, 0.717) is 18.3 Å². The average molecular weight is 179 g/mol. The lowest BCUT2D eigenvalue weighted by molar-refractivity contribution is 0.304. The van der Waals surface area contributed by atoms with Gasteiger partial charge in [-0.3, -0.25) is 4.98 Å². The number of ether oxygens (including phenoxy) is 1. The zero-order valence-corrected chi connectivity index (χ0v) is 7.36. The Kier molecular flexibility index (Phi) is 2.06. The van der Waals surface area contributed by atoms with Crippen LogP contribution in [0, 0.1) is 0 Å². The Morgan fingerprint density at radius 2 is 2.31 bits per heavy atom. The largest absolute Gasteiger partial charge is 0.488 e. The molecular weight excluding hydrogens is 166 g/mol. The first-order chi connectivity index (χ1) is 6.29. The number of aromatic nitrogens is 1. The lowest BCUT2D eigenvalue weighted by Gasteiger charge is -2.08. The predicted molar refractivity (Wildman–Crippen MR) is 50.2 cm³/mol. The molecule has 0 spiro atoms. The first-order valence-electron chi connectivity index (χ1n) is 4.40. The maximum absolute atomic E-state index is 5.69. The Morgan fingerprint density at radius 1 is 1.54 bits per heavy atom. The van der Waals surface area contributed by atoms with Crippen molar-refractivity contribution in [3.8, 4) is 5.75 Å². The van der Waals surface area contributed by atoms with Gasteiger partial charge >= 0.3 is 0 Å². The van der Waals surface area contributed by atoms with Gasteiger partial charge in [0.25, 0.3) is 0 Å². The molecule has 4 nitrogen and oxygen atoms in total. The normalized spacial score (nSPS) is 15.8. The van der Waals surface area contributed by atoms with Crippen molar-refractivity contribution in [1.82, 2.24) is 4.98 Å². The SMILES string of the molecule is NCc1cc(OC2CC2)c(N)cn1. The fraction of sp³-hybridized carbons (Fsp3) is 0.444. The Bertz CT molecular complexity index is 310. The van der Waals surface area contributed by atoms with E-state index in [9.17, 15) is 0 Å². The second-order valence-electron chi connectivity index (χ2n) is 3.23. The molecule has 0 atom stereocenters. The van der Waals surface area contributed by atoms with E-state index in [4.69, 9.17) is 16.2 Å². The highest BCUT2D eigenvalue weighted by Gasteiger charge is 2.24. The van der Waals surface area contributed by atoms with Gasteiger partial charge in [0, 0.05) is 12.6 Å². The van der Waals surface area contributed by atoms with Crippen LogP contribution in [-0.4, -0.2) is 11.1 Å². The monoisotopic (exact) mass is 179 g/mol. The molecule has 0 aliphatic heterocycles. The second kappa shape index (κ2) is 3.22. The van der Waals surface area contributed by atoms with Gasteiger partial charge in [0.2, 0.25) is 0 Å². The third-order valence-electron chi connectivity index (χ3n) is 1.98. The molecule has 1 fully saturated rings. The zero-order valence-electron chi connectivity index (χ0n) is 7.36. The molecule has 0 amide bonds. The zero-order chi connectivity index (χ0) is 9.26. The molecule has 0 unspecified atom stereocenters. The molecule has 1 saturated carbocycles. The van der Waals surface area contributed by atoms with E-state index in [2.05, 4.69) is 4.98 Å². The fourth-order valence-corrected chi connectivity index (χ4v) is 1.07. The minimum atomic E-state index is 0.357. The van der Waals surface area contributed by atoms with E-state index >= 15 is 0 Å². The molecule has 1 aliphatic carbocycles. The van der Waals surface area contributed by atoms with Gasteiger partial charge in [-0.05, 0) is 12.8 Å². The first kappa shape index (κ1) is 8.31. The quantitative estimate of drug-likeness (QED) is 0.715. The molecule has 1 aromatic heterocycles. The third kappa shape index (κ3) is 1.89. The van der Waals surface area contributed by atoms with Crippen LogP contribution in [0.15, 0.2) is 12.3 Å². The van der Waals surface area contributed by atoms with Crippen molar-refractivity contribution in [2.24, 2.45) is 5.73 Å². The smallest absolute Gasteiger partial charge is 0.146 e. The standard InChI is InChI=1S/C9H13N3O/c10-4-6-3-9(8(11)5-12-6)13-7-1-2-7/h3,5,7H,1-2,4,10-11H2.